The van der Waals surface area contributed by atoms with E-state index < -0.39 is 5.97 Å². The van der Waals surface area contributed by atoms with Gasteiger partial charge in [0, 0.05) is 5.54 Å². The standard InChI is InChI=1S/C8H15NO2/c1-8(2)6(7(10)11)4-3-5-9-8/h6,9H,3-5H2,1-2H3,(H,10,11). The van der Waals surface area contributed by atoms with Gasteiger partial charge in [-0.1, -0.05) is 0 Å². The Bertz CT molecular complexity index is 165. The Labute approximate surface area is 66.8 Å². The Balaban J connectivity index is 2.67. The summed E-state index contributed by atoms with van der Waals surface area (Å²) in [7, 11) is 0. The third kappa shape index (κ3) is 1.71. The zero-order chi connectivity index (χ0) is 8.48. The summed E-state index contributed by atoms with van der Waals surface area (Å²) in [5, 5.41) is 12.0. The van der Waals surface area contributed by atoms with Gasteiger partial charge in [-0.15, -0.1) is 0 Å². The minimum Gasteiger partial charge on any atom is -0.481 e. The van der Waals surface area contributed by atoms with Gasteiger partial charge in [-0.3, -0.25) is 4.79 Å². The molecule has 0 spiro atoms. The van der Waals surface area contributed by atoms with Crippen molar-refractivity contribution in [3.63, 3.8) is 0 Å². The molecule has 0 amide bonds. The SMILES string of the molecule is CC1(C)NCCCC1C(=O)O. The molecule has 1 rings (SSSR count). The van der Waals surface area contributed by atoms with E-state index in [2.05, 4.69) is 5.32 Å². The predicted molar refractivity (Wildman–Crippen MR) is 42.4 cm³/mol. The molecule has 0 saturated carbocycles. The molecule has 1 fully saturated rings. The van der Waals surface area contributed by atoms with E-state index in [9.17, 15) is 4.79 Å². The number of nitrogens with one attached hydrogen (secondary N) is 1. The van der Waals surface area contributed by atoms with Crippen LogP contribution in [0.5, 0.6) is 0 Å². The summed E-state index contributed by atoms with van der Waals surface area (Å²) in [6, 6.07) is 0. The highest BCUT2D eigenvalue weighted by Gasteiger charge is 2.36. The number of piperidine rings is 1. The molecule has 0 aromatic carbocycles. The summed E-state index contributed by atoms with van der Waals surface area (Å²) >= 11 is 0. The maximum Gasteiger partial charge on any atom is 0.308 e. The summed E-state index contributed by atoms with van der Waals surface area (Å²) in [5.41, 5.74) is -0.232. The molecule has 1 saturated heterocycles. The molecule has 2 N–H and O–H groups in total. The maximum atomic E-state index is 10.7. The van der Waals surface area contributed by atoms with Crippen molar-refractivity contribution in [2.75, 3.05) is 6.54 Å². The quantitative estimate of drug-likeness (QED) is 0.593. The first kappa shape index (κ1) is 8.53. The van der Waals surface area contributed by atoms with Gasteiger partial charge < -0.3 is 10.4 Å². The number of carboxylic acid groups (broad SMARTS) is 1. The normalized spacial score (nSPS) is 29.8. The van der Waals surface area contributed by atoms with Crippen molar-refractivity contribution in [1.29, 1.82) is 0 Å². The van der Waals surface area contributed by atoms with Gasteiger partial charge in [0.1, 0.15) is 0 Å². The lowest BCUT2D eigenvalue weighted by molar-refractivity contribution is -0.145. The predicted octanol–water partition coefficient (Wildman–Crippen LogP) is 0.849. The average molecular weight is 157 g/mol. The maximum absolute atomic E-state index is 10.7. The van der Waals surface area contributed by atoms with Crippen molar-refractivity contribution in [2.45, 2.75) is 32.2 Å². The molecular formula is C8H15NO2. The molecule has 0 bridgehead atoms. The zero-order valence-corrected chi connectivity index (χ0v) is 7.05. The van der Waals surface area contributed by atoms with Crippen molar-refractivity contribution < 1.29 is 9.90 Å². The fraction of sp³-hybridized carbons (Fsp3) is 0.875. The fourth-order valence-electron chi connectivity index (χ4n) is 1.63. The molecule has 1 atom stereocenters. The third-order valence-corrected chi connectivity index (χ3v) is 2.42. The fourth-order valence-corrected chi connectivity index (χ4v) is 1.63. The topological polar surface area (TPSA) is 49.3 Å². The van der Waals surface area contributed by atoms with Crippen LogP contribution in [-0.2, 0) is 4.79 Å². The van der Waals surface area contributed by atoms with Crippen LogP contribution in [0, 0.1) is 5.92 Å². The molecule has 1 aliphatic heterocycles. The second kappa shape index (κ2) is 2.81. The number of carbonyl (C=O) groups is 1. The van der Waals surface area contributed by atoms with Gasteiger partial charge in [-0.2, -0.15) is 0 Å². The van der Waals surface area contributed by atoms with Gasteiger partial charge in [-0.05, 0) is 33.2 Å². The molecule has 0 aromatic rings. The van der Waals surface area contributed by atoms with Crippen LogP contribution in [0.2, 0.25) is 0 Å². The third-order valence-electron chi connectivity index (χ3n) is 2.42. The Hall–Kier alpha value is -0.570. The first-order valence-corrected chi connectivity index (χ1v) is 4.02. The lowest BCUT2D eigenvalue weighted by atomic mass is 9.81. The van der Waals surface area contributed by atoms with Crippen LogP contribution in [-0.4, -0.2) is 23.2 Å². The van der Waals surface area contributed by atoms with E-state index in [0.29, 0.717) is 0 Å². The zero-order valence-electron chi connectivity index (χ0n) is 7.05. The molecule has 3 nitrogen and oxygen atoms in total. The lowest BCUT2D eigenvalue weighted by Gasteiger charge is -2.36. The summed E-state index contributed by atoms with van der Waals surface area (Å²) < 4.78 is 0. The van der Waals surface area contributed by atoms with Crippen LogP contribution in [0.1, 0.15) is 26.7 Å². The summed E-state index contributed by atoms with van der Waals surface area (Å²) in [6.45, 7) is 4.84. The summed E-state index contributed by atoms with van der Waals surface area (Å²) in [4.78, 5) is 10.7. The van der Waals surface area contributed by atoms with Gasteiger partial charge in [0.2, 0.25) is 0 Å². The Morgan fingerprint density at radius 3 is 2.64 bits per heavy atom. The molecule has 1 unspecified atom stereocenters. The number of carboxylic acids is 1. The Morgan fingerprint density at radius 1 is 1.64 bits per heavy atom. The van der Waals surface area contributed by atoms with Crippen molar-refractivity contribution in [2.24, 2.45) is 5.92 Å². The number of hydrogen-bond donors (Lipinski definition) is 2. The highest BCUT2D eigenvalue weighted by molar-refractivity contribution is 5.71. The number of rotatable bonds is 1. The van der Waals surface area contributed by atoms with Crippen molar-refractivity contribution >= 4 is 5.97 Å². The molecular weight excluding hydrogens is 142 g/mol. The minimum atomic E-state index is -0.679. The molecule has 1 aliphatic rings. The molecule has 0 radical (unpaired) electrons. The van der Waals surface area contributed by atoms with E-state index in [-0.39, 0.29) is 11.5 Å². The van der Waals surface area contributed by atoms with Crippen LogP contribution in [0.25, 0.3) is 0 Å². The summed E-state index contributed by atoms with van der Waals surface area (Å²) in [6.07, 6.45) is 1.77. The van der Waals surface area contributed by atoms with Crippen LogP contribution >= 0.6 is 0 Å². The largest absolute Gasteiger partial charge is 0.481 e. The first-order valence-electron chi connectivity index (χ1n) is 4.02. The molecule has 1 heterocycles. The average Bonchev–Trinajstić information content (AvgIpc) is 1.85. The Kier molecular flexibility index (Phi) is 2.18. The molecule has 64 valence electrons. The van der Waals surface area contributed by atoms with Gasteiger partial charge in [0.15, 0.2) is 0 Å². The van der Waals surface area contributed by atoms with Crippen molar-refractivity contribution in [1.82, 2.24) is 5.32 Å². The second-order valence-corrected chi connectivity index (χ2v) is 3.68. The minimum absolute atomic E-state index is 0.226. The smallest absolute Gasteiger partial charge is 0.308 e. The van der Waals surface area contributed by atoms with Crippen molar-refractivity contribution in [3.8, 4) is 0 Å². The van der Waals surface area contributed by atoms with Crippen LogP contribution in [0.3, 0.4) is 0 Å². The van der Waals surface area contributed by atoms with E-state index in [0.717, 1.165) is 19.4 Å². The first-order chi connectivity index (χ1) is 5.04. The lowest BCUT2D eigenvalue weighted by Crippen LogP contribution is -2.52. The van der Waals surface area contributed by atoms with Crippen LogP contribution in [0.4, 0.5) is 0 Å². The van der Waals surface area contributed by atoms with Crippen LogP contribution in [0.15, 0.2) is 0 Å². The highest BCUT2D eigenvalue weighted by Crippen LogP contribution is 2.25. The Morgan fingerprint density at radius 2 is 2.27 bits per heavy atom. The van der Waals surface area contributed by atoms with Gasteiger partial charge >= 0.3 is 5.97 Å². The van der Waals surface area contributed by atoms with E-state index in [1.165, 1.54) is 0 Å². The number of aliphatic carboxylic acids is 1. The molecule has 11 heavy (non-hydrogen) atoms. The van der Waals surface area contributed by atoms with E-state index in [4.69, 9.17) is 5.11 Å². The van der Waals surface area contributed by atoms with Gasteiger partial charge in [-0.25, -0.2) is 0 Å². The van der Waals surface area contributed by atoms with Gasteiger partial charge in [0.25, 0.3) is 0 Å². The molecule has 0 aliphatic carbocycles. The molecule has 0 aromatic heterocycles. The van der Waals surface area contributed by atoms with Crippen LogP contribution < -0.4 is 5.32 Å². The number of hydrogen-bond acceptors (Lipinski definition) is 2. The van der Waals surface area contributed by atoms with E-state index in [1.807, 2.05) is 13.8 Å². The second-order valence-electron chi connectivity index (χ2n) is 3.68. The molecule has 3 heteroatoms. The van der Waals surface area contributed by atoms with Crippen molar-refractivity contribution in [3.05, 3.63) is 0 Å². The highest BCUT2D eigenvalue weighted by atomic mass is 16.4. The summed E-state index contributed by atoms with van der Waals surface area (Å²) in [5.74, 6) is -0.904. The van der Waals surface area contributed by atoms with Gasteiger partial charge in [0.05, 0.1) is 5.92 Å². The monoisotopic (exact) mass is 157 g/mol. The van der Waals surface area contributed by atoms with E-state index in [1.54, 1.807) is 0 Å². The van der Waals surface area contributed by atoms with E-state index >= 15 is 0 Å².